The van der Waals surface area contributed by atoms with Crippen molar-refractivity contribution in [1.29, 1.82) is 0 Å². The summed E-state index contributed by atoms with van der Waals surface area (Å²) in [7, 11) is -6.53. The molecule has 0 aliphatic heterocycles. The lowest BCUT2D eigenvalue weighted by Crippen LogP contribution is -2.23. The van der Waals surface area contributed by atoms with E-state index in [1.807, 2.05) is 0 Å². The number of hydrogen-bond donors (Lipinski definition) is 4. The van der Waals surface area contributed by atoms with Gasteiger partial charge in [0.15, 0.2) is 0 Å². The van der Waals surface area contributed by atoms with Crippen LogP contribution >= 0.6 is 0 Å². The summed E-state index contributed by atoms with van der Waals surface area (Å²) in [6.07, 6.45) is 4.54. The molecule has 254 valence electrons. The van der Waals surface area contributed by atoms with Crippen LogP contribution < -0.4 is 20.3 Å². The number of fused-ring (bicyclic) bond motifs is 2. The smallest absolute Gasteiger partial charge is 0.295 e. The fourth-order valence-electron chi connectivity index (χ4n) is 5.16. The molecular formula is C32H24N6O10S2. The summed E-state index contributed by atoms with van der Waals surface area (Å²) in [6.45, 7) is 0. The second-order valence-electron chi connectivity index (χ2n) is 10.5. The van der Waals surface area contributed by atoms with E-state index in [2.05, 4.69) is 31.0 Å². The first-order chi connectivity index (χ1) is 23.8. The zero-order valence-electron chi connectivity index (χ0n) is 25.8. The summed E-state index contributed by atoms with van der Waals surface area (Å²) in [5.41, 5.74) is 6.22. The Morgan fingerprint density at radius 3 is 1.38 bits per heavy atom. The molecule has 0 fully saturated rings. The maximum atomic E-state index is 13.0. The number of aromatic nitrogens is 2. The quantitative estimate of drug-likeness (QED) is 0.142. The molecule has 2 heterocycles. The van der Waals surface area contributed by atoms with Gasteiger partial charge in [-0.05, 0) is 60.7 Å². The molecule has 18 heteroatoms. The predicted octanol–water partition coefficient (Wildman–Crippen LogP) is 3.95. The predicted molar refractivity (Wildman–Crippen MR) is 183 cm³/mol. The van der Waals surface area contributed by atoms with Gasteiger partial charge in [-0.25, -0.2) is 0 Å². The Balaban J connectivity index is 1.27. The van der Waals surface area contributed by atoms with Gasteiger partial charge in [-0.3, -0.25) is 39.5 Å². The van der Waals surface area contributed by atoms with E-state index >= 15 is 0 Å². The van der Waals surface area contributed by atoms with E-state index < -0.39 is 41.6 Å². The third-order valence-electron chi connectivity index (χ3n) is 7.44. The van der Waals surface area contributed by atoms with E-state index in [-0.39, 0.29) is 33.9 Å². The number of rotatable bonds is 9. The topological polar surface area (TPSA) is 236 Å². The highest BCUT2D eigenvalue weighted by Gasteiger charge is 2.32. The van der Waals surface area contributed by atoms with Crippen molar-refractivity contribution in [2.24, 2.45) is 10.2 Å². The van der Waals surface area contributed by atoms with Crippen molar-refractivity contribution in [3.63, 3.8) is 0 Å². The Morgan fingerprint density at radius 1 is 0.620 bits per heavy atom. The summed E-state index contributed by atoms with van der Waals surface area (Å²) < 4.78 is 78.6. The Bertz CT molecular complexity index is 2290. The molecule has 50 heavy (non-hydrogen) atoms. The van der Waals surface area contributed by atoms with Crippen molar-refractivity contribution < 1.29 is 45.0 Å². The van der Waals surface area contributed by atoms with Crippen LogP contribution in [0, 0.1) is 0 Å². The number of methoxy groups -OCH3 is 2. The number of allylic oxidation sites excluding steroid dienone is 2. The standard InChI is InChI=1S/C32H24N6O10S2/c1-47-25-13-17(35-37-23-15-27(49(41,42)43)21-5-3-11-33-29(21)31(23)39)7-9-19(25)20-10-8-18(14-26(20)48-2)36-38-24-16-28(50(44,45)46)22-6-4-12-34-30(22)32(24)40/h3-16,35-36H,1-2H3,(H,41,42,43)(H,44,45,46)/b37-23-,38-24-. The molecular weight excluding hydrogens is 693 g/mol. The Hall–Kier alpha value is -6.08. The summed E-state index contributed by atoms with van der Waals surface area (Å²) in [6, 6.07) is 15.3. The zero-order chi connectivity index (χ0) is 35.8. The van der Waals surface area contributed by atoms with Crippen LogP contribution in [0.2, 0.25) is 0 Å². The summed E-state index contributed by atoms with van der Waals surface area (Å²) >= 11 is 0. The largest absolute Gasteiger partial charge is 0.496 e. The molecule has 0 spiro atoms. The number of carbonyl (C=O) groups is 2. The molecule has 0 bridgehead atoms. The lowest BCUT2D eigenvalue weighted by atomic mass is 10.00. The van der Waals surface area contributed by atoms with Gasteiger partial charge in [0, 0.05) is 46.8 Å². The minimum Gasteiger partial charge on any atom is -0.496 e. The highest BCUT2D eigenvalue weighted by atomic mass is 32.2. The van der Waals surface area contributed by atoms with E-state index in [0.29, 0.717) is 34.0 Å². The molecule has 4 aromatic rings. The highest BCUT2D eigenvalue weighted by Crippen LogP contribution is 2.39. The number of Topliss-reactive ketones (excluding diaryl/α,β-unsaturated/α-hetero) is 2. The number of ketones is 2. The van der Waals surface area contributed by atoms with E-state index in [9.17, 15) is 35.5 Å². The molecule has 16 nitrogen and oxygen atoms in total. The van der Waals surface area contributed by atoms with E-state index in [4.69, 9.17) is 9.47 Å². The van der Waals surface area contributed by atoms with Gasteiger partial charge >= 0.3 is 0 Å². The SMILES string of the molecule is COc1cc(N/N=C2/C=C(S(=O)(=O)O)c3cccnc3C2=O)ccc1-c1ccc(N/N=C2/C=C(S(=O)(=O)O)c3cccnc3C2=O)cc1OC. The van der Waals surface area contributed by atoms with Crippen LogP contribution in [-0.2, 0) is 20.2 Å². The number of pyridine rings is 2. The first-order valence-corrected chi connectivity index (χ1v) is 17.1. The van der Waals surface area contributed by atoms with E-state index in [1.165, 1.54) is 50.9 Å². The molecule has 2 aliphatic carbocycles. The number of carbonyl (C=O) groups excluding carboxylic acids is 2. The van der Waals surface area contributed by atoms with Crippen LogP contribution in [0.25, 0.3) is 20.9 Å². The van der Waals surface area contributed by atoms with Gasteiger partial charge in [0.25, 0.3) is 20.2 Å². The maximum Gasteiger partial charge on any atom is 0.295 e. The van der Waals surface area contributed by atoms with Crippen LogP contribution in [-0.4, -0.2) is 73.1 Å². The average Bonchev–Trinajstić information content (AvgIpc) is 3.10. The number of nitrogens with one attached hydrogen (secondary N) is 2. The second kappa shape index (κ2) is 13.1. The van der Waals surface area contributed by atoms with Crippen molar-refractivity contribution in [1.82, 2.24) is 9.97 Å². The van der Waals surface area contributed by atoms with Crippen molar-refractivity contribution in [2.45, 2.75) is 0 Å². The Morgan fingerprint density at radius 2 is 1.02 bits per heavy atom. The molecule has 0 atom stereocenters. The molecule has 0 saturated heterocycles. The minimum atomic E-state index is -4.70. The number of hydrazone groups is 2. The molecule has 4 N–H and O–H groups in total. The van der Waals surface area contributed by atoms with Crippen LogP contribution in [0.5, 0.6) is 11.5 Å². The lowest BCUT2D eigenvalue weighted by molar-refractivity contribution is 0.105. The maximum absolute atomic E-state index is 13.0. The van der Waals surface area contributed by atoms with E-state index in [0.717, 1.165) is 12.2 Å². The monoisotopic (exact) mass is 716 g/mol. The number of ether oxygens (including phenoxy) is 2. The number of benzene rings is 2. The first-order valence-electron chi connectivity index (χ1n) is 14.2. The molecule has 2 aromatic heterocycles. The van der Waals surface area contributed by atoms with Gasteiger partial charge in [-0.15, -0.1) is 0 Å². The molecule has 0 radical (unpaired) electrons. The first kappa shape index (κ1) is 33.8. The van der Waals surface area contributed by atoms with Crippen LogP contribution in [0.15, 0.2) is 95.4 Å². The van der Waals surface area contributed by atoms with Gasteiger partial charge in [-0.2, -0.15) is 27.0 Å². The van der Waals surface area contributed by atoms with Gasteiger partial charge < -0.3 is 9.47 Å². The highest BCUT2D eigenvalue weighted by molar-refractivity contribution is 7.95. The van der Waals surface area contributed by atoms with Crippen molar-refractivity contribution in [3.05, 3.63) is 108 Å². The number of nitrogens with zero attached hydrogens (tertiary/aromatic N) is 4. The third-order valence-corrected chi connectivity index (χ3v) is 9.22. The lowest BCUT2D eigenvalue weighted by Gasteiger charge is -2.16. The number of anilines is 2. The van der Waals surface area contributed by atoms with Crippen molar-refractivity contribution in [3.8, 4) is 22.6 Å². The van der Waals surface area contributed by atoms with Gasteiger partial charge in [0.2, 0.25) is 11.6 Å². The van der Waals surface area contributed by atoms with Gasteiger partial charge in [0.05, 0.1) is 25.6 Å². The fourth-order valence-corrected chi connectivity index (χ4v) is 6.56. The van der Waals surface area contributed by atoms with Crippen molar-refractivity contribution in [2.75, 3.05) is 25.1 Å². The molecule has 6 rings (SSSR count). The fraction of sp³-hybridized carbons (Fsp3) is 0.0625. The molecule has 0 amide bonds. The second-order valence-corrected chi connectivity index (χ2v) is 13.3. The molecule has 2 aromatic carbocycles. The average molecular weight is 717 g/mol. The molecule has 2 aliphatic rings. The van der Waals surface area contributed by atoms with Crippen LogP contribution in [0.3, 0.4) is 0 Å². The normalized spacial score (nSPS) is 15.9. The van der Waals surface area contributed by atoms with E-state index in [1.54, 1.807) is 36.4 Å². The summed E-state index contributed by atoms with van der Waals surface area (Å²) in [5, 5.41) is 8.12. The van der Waals surface area contributed by atoms with Crippen LogP contribution in [0.4, 0.5) is 11.4 Å². The number of hydrogen-bond acceptors (Lipinski definition) is 14. The van der Waals surface area contributed by atoms with Crippen molar-refractivity contribution >= 4 is 64.4 Å². The van der Waals surface area contributed by atoms with Crippen LogP contribution in [0.1, 0.15) is 32.1 Å². The summed E-state index contributed by atoms with van der Waals surface area (Å²) in [4.78, 5) is 32.8. The Kier molecular flexibility index (Phi) is 8.85. The molecule has 0 saturated carbocycles. The summed E-state index contributed by atoms with van der Waals surface area (Å²) in [5.74, 6) is -0.603. The Labute approximate surface area is 284 Å². The zero-order valence-corrected chi connectivity index (χ0v) is 27.5. The van der Waals surface area contributed by atoms with Gasteiger partial charge in [0.1, 0.15) is 44.1 Å². The van der Waals surface area contributed by atoms with Gasteiger partial charge in [-0.1, -0.05) is 0 Å². The minimum absolute atomic E-state index is 0.0405. The molecule has 0 unspecified atom stereocenters. The third kappa shape index (κ3) is 6.50.